The van der Waals surface area contributed by atoms with Crippen LogP contribution < -0.4 is 10.1 Å². The molecule has 8 heteroatoms. The molecule has 2 aliphatic rings. The van der Waals surface area contributed by atoms with Gasteiger partial charge in [0.25, 0.3) is 0 Å². The molecule has 3 rings (SSSR count). The Morgan fingerprint density at radius 2 is 1.92 bits per heavy atom. The molecule has 2 aliphatic heterocycles. The molecule has 1 aromatic rings. The molecule has 1 amide bonds. The fraction of sp³-hybridized carbons (Fsp3) is 0.500. The molecule has 1 aromatic carbocycles. The summed E-state index contributed by atoms with van der Waals surface area (Å²) >= 11 is 1.36. The molecule has 1 N–H and O–H groups in total. The number of amides is 1. The summed E-state index contributed by atoms with van der Waals surface area (Å²) in [4.78, 5) is 16.0. The Morgan fingerprint density at radius 3 is 2.58 bits per heavy atom. The van der Waals surface area contributed by atoms with Crippen molar-refractivity contribution in [1.29, 1.82) is 0 Å². The predicted molar refractivity (Wildman–Crippen MR) is 106 cm³/mol. The number of carbonyl (C=O) groups excluding carboxylic acids is 1. The van der Waals surface area contributed by atoms with E-state index in [-0.39, 0.29) is 5.91 Å². The van der Waals surface area contributed by atoms with Crippen LogP contribution in [0.5, 0.6) is 5.75 Å². The molecule has 0 bridgehead atoms. The van der Waals surface area contributed by atoms with Gasteiger partial charge in [-0.3, -0.25) is 9.69 Å². The highest BCUT2D eigenvalue weighted by molar-refractivity contribution is 8.15. The van der Waals surface area contributed by atoms with Crippen molar-refractivity contribution in [2.24, 2.45) is 10.2 Å². The summed E-state index contributed by atoms with van der Waals surface area (Å²) in [5, 5.41) is 11.2. The standard InChI is InChI=1S/C18H25N5O2S/c1-2-22-7-9-23(10-8-22)11-12-25-16-5-3-15(4-6-16)13-19-21-18-20-17(24)14-26-18/h3-6,13H,2,7-12,14H2,1H3,(H,20,21,24). The number of nitrogens with one attached hydrogen (secondary N) is 1. The Labute approximate surface area is 158 Å². The van der Waals surface area contributed by atoms with E-state index < -0.39 is 0 Å². The Balaban J connectivity index is 1.38. The molecular formula is C18H25N5O2S. The number of amidine groups is 1. The quantitative estimate of drug-likeness (QED) is 0.574. The van der Waals surface area contributed by atoms with Crippen LogP contribution in [0.3, 0.4) is 0 Å². The number of nitrogens with zero attached hydrogens (tertiary/aromatic N) is 4. The third kappa shape index (κ3) is 5.82. The van der Waals surface area contributed by atoms with E-state index in [0.717, 1.165) is 50.6 Å². The Hall–Kier alpha value is -1.90. The largest absolute Gasteiger partial charge is 0.492 e. The lowest BCUT2D eigenvalue weighted by atomic mass is 10.2. The number of thioether (sulfide) groups is 1. The summed E-state index contributed by atoms with van der Waals surface area (Å²) in [5.41, 5.74) is 0.937. The van der Waals surface area contributed by atoms with Gasteiger partial charge in [0.2, 0.25) is 5.91 Å². The van der Waals surface area contributed by atoms with Crippen molar-refractivity contribution in [2.75, 3.05) is 51.6 Å². The molecule has 140 valence electrons. The van der Waals surface area contributed by atoms with Crippen molar-refractivity contribution >= 4 is 29.1 Å². The number of benzene rings is 1. The first kappa shape index (κ1) is 18.9. The van der Waals surface area contributed by atoms with Crippen molar-refractivity contribution in [2.45, 2.75) is 6.92 Å². The zero-order valence-corrected chi connectivity index (χ0v) is 15.9. The molecule has 0 saturated carbocycles. The SMILES string of the molecule is CCN1CCN(CCOc2ccc(C=NN=C3NC(=O)CS3)cc2)CC1. The monoisotopic (exact) mass is 375 g/mol. The molecule has 2 saturated heterocycles. The topological polar surface area (TPSA) is 69.5 Å². The molecule has 26 heavy (non-hydrogen) atoms. The number of carbonyl (C=O) groups is 1. The second kappa shape index (κ2) is 9.70. The average molecular weight is 375 g/mol. The predicted octanol–water partition coefficient (Wildman–Crippen LogP) is 1.26. The average Bonchev–Trinajstić information content (AvgIpc) is 3.09. The van der Waals surface area contributed by atoms with E-state index in [4.69, 9.17) is 4.74 Å². The van der Waals surface area contributed by atoms with E-state index in [1.54, 1.807) is 6.21 Å². The summed E-state index contributed by atoms with van der Waals surface area (Å²) in [7, 11) is 0. The summed E-state index contributed by atoms with van der Waals surface area (Å²) < 4.78 is 5.84. The molecule has 0 aromatic heterocycles. The number of likely N-dealkylation sites (N-methyl/N-ethyl adjacent to an activating group) is 1. The first-order valence-corrected chi connectivity index (χ1v) is 9.93. The van der Waals surface area contributed by atoms with Gasteiger partial charge in [-0.15, -0.1) is 5.10 Å². The normalized spacial score (nSPS) is 20.8. The molecule has 0 aliphatic carbocycles. The fourth-order valence-corrected chi connectivity index (χ4v) is 3.43. The minimum Gasteiger partial charge on any atom is -0.492 e. The van der Waals surface area contributed by atoms with Crippen LogP contribution in [0.25, 0.3) is 0 Å². The van der Waals surface area contributed by atoms with Gasteiger partial charge < -0.3 is 15.0 Å². The van der Waals surface area contributed by atoms with Crippen LogP contribution in [0.4, 0.5) is 0 Å². The second-order valence-corrected chi connectivity index (χ2v) is 7.14. The van der Waals surface area contributed by atoms with Crippen molar-refractivity contribution in [1.82, 2.24) is 15.1 Å². The van der Waals surface area contributed by atoms with E-state index in [9.17, 15) is 4.79 Å². The van der Waals surface area contributed by atoms with Gasteiger partial charge in [0.15, 0.2) is 5.17 Å². The highest BCUT2D eigenvalue weighted by atomic mass is 32.2. The van der Waals surface area contributed by atoms with E-state index in [2.05, 4.69) is 32.2 Å². The lowest BCUT2D eigenvalue weighted by Crippen LogP contribution is -2.47. The van der Waals surface area contributed by atoms with E-state index >= 15 is 0 Å². The molecule has 2 heterocycles. The van der Waals surface area contributed by atoms with Crippen LogP contribution in [0.15, 0.2) is 34.5 Å². The van der Waals surface area contributed by atoms with Gasteiger partial charge >= 0.3 is 0 Å². The Kier molecular flexibility index (Phi) is 7.04. The van der Waals surface area contributed by atoms with Crippen LogP contribution in [0.2, 0.25) is 0 Å². The number of ether oxygens (including phenoxy) is 1. The fourth-order valence-electron chi connectivity index (χ4n) is 2.80. The highest BCUT2D eigenvalue weighted by Gasteiger charge is 2.16. The van der Waals surface area contributed by atoms with Gasteiger partial charge in [0.1, 0.15) is 12.4 Å². The minimum atomic E-state index is -0.0299. The minimum absolute atomic E-state index is 0.0299. The number of hydrogen-bond donors (Lipinski definition) is 1. The summed E-state index contributed by atoms with van der Waals surface area (Å²) in [6, 6.07) is 7.77. The van der Waals surface area contributed by atoms with Gasteiger partial charge in [0, 0.05) is 32.7 Å². The Morgan fingerprint density at radius 1 is 1.19 bits per heavy atom. The molecule has 0 spiro atoms. The van der Waals surface area contributed by atoms with Gasteiger partial charge in [-0.05, 0) is 36.4 Å². The van der Waals surface area contributed by atoms with E-state index in [0.29, 0.717) is 17.5 Å². The van der Waals surface area contributed by atoms with Crippen molar-refractivity contribution in [3.63, 3.8) is 0 Å². The first-order chi connectivity index (χ1) is 12.7. The van der Waals surface area contributed by atoms with Crippen LogP contribution in [-0.2, 0) is 4.79 Å². The number of hydrogen-bond acceptors (Lipinski definition) is 7. The molecule has 0 unspecified atom stereocenters. The molecular weight excluding hydrogens is 350 g/mol. The zero-order valence-electron chi connectivity index (χ0n) is 15.1. The van der Waals surface area contributed by atoms with Gasteiger partial charge in [-0.25, -0.2) is 0 Å². The van der Waals surface area contributed by atoms with Gasteiger partial charge in [-0.1, -0.05) is 18.7 Å². The van der Waals surface area contributed by atoms with Gasteiger partial charge in [0.05, 0.1) is 12.0 Å². The van der Waals surface area contributed by atoms with Crippen molar-refractivity contribution in [3.05, 3.63) is 29.8 Å². The summed E-state index contributed by atoms with van der Waals surface area (Å²) in [6.07, 6.45) is 1.66. The van der Waals surface area contributed by atoms with Crippen LogP contribution in [0, 0.1) is 0 Å². The molecule has 0 radical (unpaired) electrons. The maximum Gasteiger partial charge on any atom is 0.236 e. The van der Waals surface area contributed by atoms with Crippen LogP contribution in [0.1, 0.15) is 12.5 Å². The maximum absolute atomic E-state index is 11.1. The summed E-state index contributed by atoms with van der Waals surface area (Å²) in [6.45, 7) is 9.55. The Bertz CT molecular complexity index is 654. The number of rotatable bonds is 7. The van der Waals surface area contributed by atoms with Crippen LogP contribution in [-0.4, -0.2) is 78.7 Å². The van der Waals surface area contributed by atoms with Crippen LogP contribution >= 0.6 is 11.8 Å². The highest BCUT2D eigenvalue weighted by Crippen LogP contribution is 2.12. The molecule has 0 atom stereocenters. The third-order valence-electron chi connectivity index (χ3n) is 4.41. The lowest BCUT2D eigenvalue weighted by Gasteiger charge is -2.33. The van der Waals surface area contributed by atoms with E-state index in [1.807, 2.05) is 24.3 Å². The van der Waals surface area contributed by atoms with Gasteiger partial charge in [-0.2, -0.15) is 5.10 Å². The maximum atomic E-state index is 11.1. The molecule has 2 fully saturated rings. The zero-order chi connectivity index (χ0) is 18.2. The van der Waals surface area contributed by atoms with Crippen molar-refractivity contribution < 1.29 is 9.53 Å². The van der Waals surface area contributed by atoms with E-state index in [1.165, 1.54) is 11.8 Å². The molecule has 7 nitrogen and oxygen atoms in total. The van der Waals surface area contributed by atoms with Crippen molar-refractivity contribution in [3.8, 4) is 5.75 Å². The smallest absolute Gasteiger partial charge is 0.236 e. The third-order valence-corrected chi connectivity index (χ3v) is 5.27. The number of piperazine rings is 1. The summed E-state index contributed by atoms with van der Waals surface area (Å²) in [5.74, 6) is 1.24. The second-order valence-electron chi connectivity index (χ2n) is 6.18. The first-order valence-electron chi connectivity index (χ1n) is 8.94. The lowest BCUT2D eigenvalue weighted by molar-refractivity contribution is -0.116.